The van der Waals surface area contributed by atoms with Gasteiger partial charge >= 0.3 is 0 Å². The van der Waals surface area contributed by atoms with Crippen LogP contribution in [0.5, 0.6) is 0 Å². The molecular weight excluding hydrogens is 312 g/mol. The van der Waals surface area contributed by atoms with E-state index < -0.39 is 9.84 Å². The van der Waals surface area contributed by atoms with Crippen LogP contribution in [-0.4, -0.2) is 39.7 Å². The Balaban J connectivity index is 2.43. The molecule has 0 saturated heterocycles. The molecule has 2 rings (SSSR count). The third kappa shape index (κ3) is 3.22. The van der Waals surface area contributed by atoms with Gasteiger partial charge in [0.15, 0.2) is 15.6 Å². The molecule has 1 aromatic heterocycles. The lowest BCUT2D eigenvalue weighted by molar-refractivity contribution is 0.101. The number of ketones is 1. The first-order chi connectivity index (χ1) is 9.75. The number of hydrogen-bond acceptors (Lipinski definition) is 7. The topological polar surface area (TPSA) is 98.5 Å². The molecule has 6 nitrogen and oxygen atoms in total. The fourth-order valence-corrected chi connectivity index (χ4v) is 5.21. The van der Waals surface area contributed by atoms with E-state index in [0.29, 0.717) is 5.00 Å². The van der Waals surface area contributed by atoms with Crippen molar-refractivity contribution in [2.75, 3.05) is 24.4 Å². The van der Waals surface area contributed by atoms with Crippen LogP contribution in [0.25, 0.3) is 0 Å². The van der Waals surface area contributed by atoms with E-state index in [1.807, 2.05) is 0 Å². The lowest BCUT2D eigenvalue weighted by Gasteiger charge is -2.20. The Hall–Kier alpha value is -1.12. The molecule has 3 N–H and O–H groups in total. The molecule has 1 aromatic rings. The van der Waals surface area contributed by atoms with Crippen molar-refractivity contribution in [1.82, 2.24) is 0 Å². The van der Waals surface area contributed by atoms with Gasteiger partial charge in [0, 0.05) is 20.3 Å². The van der Waals surface area contributed by atoms with Gasteiger partial charge in [0.1, 0.15) is 9.90 Å². The summed E-state index contributed by atoms with van der Waals surface area (Å²) >= 11 is 1.10. The number of Topliss-reactive ketones (excluding diaryl/α,β-unsaturated/α-hetero) is 1. The zero-order valence-corrected chi connectivity index (χ0v) is 13.9. The van der Waals surface area contributed by atoms with Crippen LogP contribution >= 0.6 is 11.3 Å². The van der Waals surface area contributed by atoms with E-state index >= 15 is 0 Å². The number of carbonyl (C=O) groups is 1. The molecule has 1 saturated carbocycles. The molecule has 8 heteroatoms. The van der Waals surface area contributed by atoms with Crippen LogP contribution in [0.2, 0.25) is 0 Å². The van der Waals surface area contributed by atoms with Gasteiger partial charge < -0.3 is 15.8 Å². The molecule has 21 heavy (non-hydrogen) atoms. The summed E-state index contributed by atoms with van der Waals surface area (Å²) in [6.07, 6.45) is 3.99. The van der Waals surface area contributed by atoms with Gasteiger partial charge in [-0.25, -0.2) is 8.42 Å². The third-order valence-electron chi connectivity index (χ3n) is 3.66. The molecular formula is C13H20N2O4S2. The van der Waals surface area contributed by atoms with E-state index in [1.165, 1.54) is 6.92 Å². The fourth-order valence-electron chi connectivity index (χ4n) is 2.70. The van der Waals surface area contributed by atoms with E-state index in [1.54, 1.807) is 7.11 Å². The molecule has 1 aliphatic rings. The first-order valence-corrected chi connectivity index (χ1v) is 9.39. The quantitative estimate of drug-likeness (QED) is 0.799. The monoisotopic (exact) mass is 332 g/mol. The predicted octanol–water partition coefficient (Wildman–Crippen LogP) is 1.92. The van der Waals surface area contributed by atoms with E-state index in [4.69, 9.17) is 10.5 Å². The maximum absolute atomic E-state index is 12.0. The van der Waals surface area contributed by atoms with Crippen molar-refractivity contribution in [1.29, 1.82) is 0 Å². The average molecular weight is 332 g/mol. The molecule has 2 atom stereocenters. The van der Waals surface area contributed by atoms with Gasteiger partial charge in [0.2, 0.25) is 0 Å². The molecule has 0 aromatic carbocycles. The van der Waals surface area contributed by atoms with Gasteiger partial charge in [-0.05, 0) is 19.3 Å². The van der Waals surface area contributed by atoms with Crippen LogP contribution in [0.1, 0.15) is 35.9 Å². The minimum Gasteiger partial charge on any atom is -0.396 e. The Morgan fingerprint density at radius 1 is 1.43 bits per heavy atom. The molecule has 118 valence electrons. The molecule has 1 fully saturated rings. The lowest BCUT2D eigenvalue weighted by atomic mass is 10.2. The first kappa shape index (κ1) is 16.3. The van der Waals surface area contributed by atoms with Crippen LogP contribution in [-0.2, 0) is 14.6 Å². The second-order valence-corrected chi connectivity index (χ2v) is 8.26. The second-order valence-electron chi connectivity index (χ2n) is 5.29. The van der Waals surface area contributed by atoms with Crippen LogP contribution in [0.4, 0.5) is 10.7 Å². The summed E-state index contributed by atoms with van der Waals surface area (Å²) in [6.45, 7) is 1.38. The number of anilines is 2. The summed E-state index contributed by atoms with van der Waals surface area (Å²) in [5.41, 5.74) is 5.92. The number of methoxy groups -OCH3 is 1. The normalized spacial score (nSPS) is 22.4. The predicted molar refractivity (Wildman–Crippen MR) is 83.9 cm³/mol. The van der Waals surface area contributed by atoms with Crippen LogP contribution in [0, 0.1) is 0 Å². The van der Waals surface area contributed by atoms with Crippen molar-refractivity contribution in [3.8, 4) is 0 Å². The minimum absolute atomic E-state index is 0.0273. The summed E-state index contributed by atoms with van der Waals surface area (Å²) < 4.78 is 29.4. The van der Waals surface area contributed by atoms with Gasteiger partial charge in [-0.15, -0.1) is 11.3 Å². The van der Waals surface area contributed by atoms with E-state index in [2.05, 4.69) is 5.32 Å². The number of nitrogen functional groups attached to an aromatic ring is 1. The molecule has 0 bridgehead atoms. The lowest BCUT2D eigenvalue weighted by Crippen LogP contribution is -2.29. The molecule has 0 aliphatic heterocycles. The zero-order chi connectivity index (χ0) is 15.8. The Morgan fingerprint density at radius 2 is 2.10 bits per heavy atom. The maximum atomic E-state index is 12.0. The van der Waals surface area contributed by atoms with E-state index in [-0.39, 0.29) is 33.4 Å². The van der Waals surface area contributed by atoms with Gasteiger partial charge in [0.25, 0.3) is 0 Å². The maximum Gasteiger partial charge on any atom is 0.180 e. The van der Waals surface area contributed by atoms with Crippen molar-refractivity contribution in [2.45, 2.75) is 43.2 Å². The van der Waals surface area contributed by atoms with Crippen molar-refractivity contribution in [2.24, 2.45) is 0 Å². The Morgan fingerprint density at radius 3 is 2.62 bits per heavy atom. The number of hydrogen-bond donors (Lipinski definition) is 2. The summed E-state index contributed by atoms with van der Waals surface area (Å²) in [7, 11) is -1.87. The molecule has 0 amide bonds. The highest BCUT2D eigenvalue weighted by Crippen LogP contribution is 2.41. The second kappa shape index (κ2) is 5.94. The minimum atomic E-state index is -3.51. The van der Waals surface area contributed by atoms with Crippen molar-refractivity contribution in [3.63, 3.8) is 0 Å². The van der Waals surface area contributed by atoms with Crippen LogP contribution < -0.4 is 11.1 Å². The van der Waals surface area contributed by atoms with Gasteiger partial charge in [-0.2, -0.15) is 0 Å². The van der Waals surface area contributed by atoms with Crippen LogP contribution in [0.15, 0.2) is 4.90 Å². The standard InChI is InChI=1S/C13H20N2O4S2/c1-7(16)11-10(14)12(21(3,17)18)13(20-11)15-8-5-4-6-9(8)19-2/h8-9,15H,4-6,14H2,1-3H3. The molecule has 0 spiro atoms. The third-order valence-corrected chi connectivity index (χ3v) is 6.19. The number of nitrogens with two attached hydrogens (primary N) is 1. The van der Waals surface area contributed by atoms with E-state index in [9.17, 15) is 13.2 Å². The van der Waals surface area contributed by atoms with Crippen molar-refractivity contribution >= 4 is 37.6 Å². The molecule has 1 aliphatic carbocycles. The summed E-state index contributed by atoms with van der Waals surface area (Å²) in [5, 5.41) is 3.65. The SMILES string of the molecule is COC1CCCC1Nc1sc(C(C)=O)c(N)c1S(C)(=O)=O. The van der Waals surface area contributed by atoms with Gasteiger partial charge in [0.05, 0.1) is 22.7 Å². The fraction of sp³-hybridized carbons (Fsp3) is 0.615. The Kier molecular flexibility index (Phi) is 4.60. The molecule has 1 heterocycles. The number of thiophene rings is 1. The number of carbonyl (C=O) groups excluding carboxylic acids is 1. The van der Waals surface area contributed by atoms with E-state index in [0.717, 1.165) is 36.9 Å². The smallest absolute Gasteiger partial charge is 0.180 e. The number of sulfone groups is 1. The largest absolute Gasteiger partial charge is 0.396 e. The Bertz CT molecular complexity index is 651. The summed E-state index contributed by atoms with van der Waals surface area (Å²) in [6, 6.07) is 0.0355. The highest BCUT2D eigenvalue weighted by Gasteiger charge is 2.31. The van der Waals surface area contributed by atoms with Crippen molar-refractivity contribution < 1.29 is 17.9 Å². The average Bonchev–Trinajstić information content (AvgIpc) is 2.93. The zero-order valence-electron chi connectivity index (χ0n) is 12.3. The summed E-state index contributed by atoms with van der Waals surface area (Å²) in [5.74, 6) is -0.231. The molecule has 2 unspecified atom stereocenters. The highest BCUT2D eigenvalue weighted by atomic mass is 32.2. The number of ether oxygens (including phenoxy) is 1. The van der Waals surface area contributed by atoms with Crippen LogP contribution in [0.3, 0.4) is 0 Å². The van der Waals surface area contributed by atoms with Crippen molar-refractivity contribution in [3.05, 3.63) is 4.88 Å². The highest BCUT2D eigenvalue weighted by molar-refractivity contribution is 7.91. The Labute approximate surface area is 128 Å². The van der Waals surface area contributed by atoms with Gasteiger partial charge in [-0.1, -0.05) is 0 Å². The summed E-state index contributed by atoms with van der Waals surface area (Å²) in [4.78, 5) is 11.9. The van der Waals surface area contributed by atoms with Gasteiger partial charge in [-0.3, -0.25) is 4.79 Å². The number of nitrogens with one attached hydrogen (secondary N) is 1. The number of rotatable bonds is 5. The first-order valence-electron chi connectivity index (χ1n) is 6.68. The molecule has 0 radical (unpaired) electrons.